The van der Waals surface area contributed by atoms with E-state index >= 15 is 0 Å². The molecule has 37 heavy (non-hydrogen) atoms. The molecule has 3 aromatic rings. The van der Waals surface area contributed by atoms with Crippen LogP contribution in [0.2, 0.25) is 0 Å². The number of methoxy groups -OCH3 is 1. The maximum absolute atomic E-state index is 13.6. The van der Waals surface area contributed by atoms with Crippen molar-refractivity contribution in [2.24, 2.45) is 5.41 Å². The fourth-order valence-electron chi connectivity index (χ4n) is 4.73. The summed E-state index contributed by atoms with van der Waals surface area (Å²) in [4.78, 5) is 15.3. The maximum Gasteiger partial charge on any atom is 0.243 e. The van der Waals surface area contributed by atoms with Gasteiger partial charge in [-0.1, -0.05) is 48.5 Å². The van der Waals surface area contributed by atoms with Crippen LogP contribution in [0.15, 0.2) is 89.8 Å². The van der Waals surface area contributed by atoms with E-state index in [9.17, 15) is 13.2 Å². The first-order chi connectivity index (χ1) is 17.8. The van der Waals surface area contributed by atoms with E-state index in [4.69, 9.17) is 9.47 Å². The summed E-state index contributed by atoms with van der Waals surface area (Å²) in [6.07, 6.45) is 1.53. The Labute approximate surface area is 219 Å². The van der Waals surface area contributed by atoms with Crippen LogP contribution >= 0.6 is 0 Å². The van der Waals surface area contributed by atoms with E-state index in [1.54, 1.807) is 43.3 Å². The quantitative estimate of drug-likeness (QED) is 0.389. The number of carbonyl (C=O) groups excluding carboxylic acids is 1. The Kier molecular flexibility index (Phi) is 8.51. The smallest absolute Gasteiger partial charge is 0.243 e. The van der Waals surface area contributed by atoms with Gasteiger partial charge in [-0.3, -0.25) is 4.79 Å². The van der Waals surface area contributed by atoms with Gasteiger partial charge >= 0.3 is 0 Å². The standard InChI is InChI=1S/C29H34N2O5S/c1-30(21-24-10-5-3-6-11-24)28(32)20-29(23-36-26-12-7-4-8-13-26)18-9-19-31(22-29)37(33,34)27-16-14-25(35-2)15-17-27/h3-8,10-17H,9,18-23H2,1-2H3. The Morgan fingerprint density at radius 1 is 0.946 bits per heavy atom. The summed E-state index contributed by atoms with van der Waals surface area (Å²) in [6.45, 7) is 1.34. The number of piperidine rings is 1. The fourth-order valence-corrected chi connectivity index (χ4v) is 6.32. The number of nitrogens with zero attached hydrogens (tertiary/aromatic N) is 2. The molecule has 0 radical (unpaired) electrons. The highest BCUT2D eigenvalue weighted by molar-refractivity contribution is 7.89. The highest BCUT2D eigenvalue weighted by Crippen LogP contribution is 2.37. The first kappa shape index (κ1) is 26.7. The van der Waals surface area contributed by atoms with Crippen LogP contribution in [0.4, 0.5) is 0 Å². The second-order valence-electron chi connectivity index (χ2n) is 9.63. The molecule has 1 aliphatic rings. The lowest BCUT2D eigenvalue weighted by Crippen LogP contribution is -2.50. The highest BCUT2D eigenvalue weighted by atomic mass is 32.2. The van der Waals surface area contributed by atoms with E-state index in [1.165, 1.54) is 4.31 Å². The minimum Gasteiger partial charge on any atom is -0.497 e. The summed E-state index contributed by atoms with van der Waals surface area (Å²) in [6, 6.07) is 25.7. The van der Waals surface area contributed by atoms with Gasteiger partial charge in [-0.15, -0.1) is 0 Å². The number of amides is 1. The number of hydrogen-bond donors (Lipinski definition) is 0. The molecule has 1 unspecified atom stereocenters. The van der Waals surface area contributed by atoms with E-state index in [-0.39, 0.29) is 30.4 Å². The lowest BCUT2D eigenvalue weighted by Gasteiger charge is -2.42. The molecule has 1 saturated heterocycles. The molecule has 7 nitrogen and oxygen atoms in total. The van der Waals surface area contributed by atoms with Crippen molar-refractivity contribution in [1.29, 1.82) is 0 Å². The molecule has 0 spiro atoms. The van der Waals surface area contributed by atoms with Gasteiger partial charge in [-0.2, -0.15) is 4.31 Å². The Bertz CT molecular complexity index is 1270. The van der Waals surface area contributed by atoms with Crippen molar-refractivity contribution >= 4 is 15.9 Å². The van der Waals surface area contributed by atoms with Crippen LogP contribution < -0.4 is 9.47 Å². The van der Waals surface area contributed by atoms with Gasteiger partial charge in [-0.25, -0.2) is 8.42 Å². The van der Waals surface area contributed by atoms with E-state index < -0.39 is 15.4 Å². The van der Waals surface area contributed by atoms with Gasteiger partial charge in [0.2, 0.25) is 15.9 Å². The molecule has 0 bridgehead atoms. The van der Waals surface area contributed by atoms with Gasteiger partial charge in [0.1, 0.15) is 11.5 Å². The summed E-state index contributed by atoms with van der Waals surface area (Å²) in [5.41, 5.74) is 0.385. The zero-order valence-electron chi connectivity index (χ0n) is 21.4. The van der Waals surface area contributed by atoms with Crippen molar-refractivity contribution in [3.8, 4) is 11.5 Å². The number of ether oxygens (including phenoxy) is 2. The van der Waals surface area contributed by atoms with Crippen molar-refractivity contribution in [3.05, 3.63) is 90.5 Å². The molecular weight excluding hydrogens is 488 g/mol. The number of para-hydroxylation sites is 1. The van der Waals surface area contributed by atoms with Gasteiger partial charge in [0, 0.05) is 38.5 Å². The predicted molar refractivity (Wildman–Crippen MR) is 143 cm³/mol. The molecule has 1 amide bonds. The van der Waals surface area contributed by atoms with Gasteiger partial charge in [0.25, 0.3) is 0 Å². The number of carbonyl (C=O) groups is 1. The Balaban J connectivity index is 1.56. The minimum absolute atomic E-state index is 0.0378. The third-order valence-electron chi connectivity index (χ3n) is 6.83. The summed E-state index contributed by atoms with van der Waals surface area (Å²) in [5, 5.41) is 0. The zero-order chi connectivity index (χ0) is 26.3. The van der Waals surface area contributed by atoms with Crippen molar-refractivity contribution in [2.75, 3.05) is 33.9 Å². The average Bonchev–Trinajstić information content (AvgIpc) is 2.93. The van der Waals surface area contributed by atoms with Crippen LogP contribution in [-0.4, -0.2) is 57.4 Å². The number of rotatable bonds is 10. The third kappa shape index (κ3) is 6.70. The molecule has 0 saturated carbocycles. The summed E-state index contributed by atoms with van der Waals surface area (Å²) in [7, 11) is -0.418. The largest absolute Gasteiger partial charge is 0.497 e. The molecule has 8 heteroatoms. The number of benzene rings is 3. The average molecular weight is 523 g/mol. The van der Waals surface area contributed by atoms with E-state index in [0.717, 1.165) is 5.56 Å². The second-order valence-corrected chi connectivity index (χ2v) is 11.6. The van der Waals surface area contributed by atoms with Crippen LogP contribution in [-0.2, 0) is 21.4 Å². The molecule has 0 aromatic heterocycles. The number of sulfonamides is 1. The van der Waals surface area contributed by atoms with Crippen LogP contribution in [0.5, 0.6) is 11.5 Å². The normalized spacial score (nSPS) is 18.2. The molecule has 1 aliphatic heterocycles. The van der Waals surface area contributed by atoms with Crippen molar-refractivity contribution in [1.82, 2.24) is 9.21 Å². The molecule has 3 aromatic carbocycles. The molecule has 1 heterocycles. The zero-order valence-corrected chi connectivity index (χ0v) is 22.2. The lowest BCUT2D eigenvalue weighted by atomic mass is 9.78. The summed E-state index contributed by atoms with van der Waals surface area (Å²) in [5.74, 6) is 1.25. The van der Waals surface area contributed by atoms with Crippen molar-refractivity contribution in [3.63, 3.8) is 0 Å². The topological polar surface area (TPSA) is 76.1 Å². The Morgan fingerprint density at radius 3 is 2.24 bits per heavy atom. The fraction of sp³-hybridized carbons (Fsp3) is 0.345. The van der Waals surface area contributed by atoms with E-state index in [0.29, 0.717) is 37.4 Å². The monoisotopic (exact) mass is 522 g/mol. The molecule has 196 valence electrons. The maximum atomic E-state index is 13.6. The first-order valence-electron chi connectivity index (χ1n) is 12.4. The van der Waals surface area contributed by atoms with Gasteiger partial charge in [-0.05, 0) is 54.8 Å². The molecule has 0 aliphatic carbocycles. The Morgan fingerprint density at radius 2 is 1.59 bits per heavy atom. The van der Waals surface area contributed by atoms with Gasteiger partial charge in [0.05, 0.1) is 18.6 Å². The molecule has 4 rings (SSSR count). The third-order valence-corrected chi connectivity index (χ3v) is 8.69. The van der Waals surface area contributed by atoms with Gasteiger partial charge in [0.15, 0.2) is 0 Å². The highest BCUT2D eigenvalue weighted by Gasteiger charge is 2.43. The van der Waals surface area contributed by atoms with Crippen molar-refractivity contribution < 1.29 is 22.7 Å². The first-order valence-corrected chi connectivity index (χ1v) is 13.9. The van der Waals surface area contributed by atoms with E-state index in [2.05, 4.69) is 0 Å². The summed E-state index contributed by atoms with van der Waals surface area (Å²) < 4.78 is 39.9. The van der Waals surface area contributed by atoms with Crippen molar-refractivity contribution in [2.45, 2.75) is 30.7 Å². The van der Waals surface area contributed by atoms with Gasteiger partial charge < -0.3 is 14.4 Å². The second kappa shape index (κ2) is 11.8. The van der Waals surface area contributed by atoms with Crippen LogP contribution in [0.3, 0.4) is 0 Å². The lowest BCUT2D eigenvalue weighted by molar-refractivity contribution is -0.134. The van der Waals surface area contributed by atoms with Crippen LogP contribution in [0, 0.1) is 5.41 Å². The van der Waals surface area contributed by atoms with Crippen LogP contribution in [0.1, 0.15) is 24.8 Å². The molecule has 1 atom stereocenters. The van der Waals surface area contributed by atoms with E-state index in [1.807, 2.05) is 60.7 Å². The predicted octanol–water partition coefficient (Wildman–Crippen LogP) is 4.59. The Hall–Kier alpha value is -3.36. The van der Waals surface area contributed by atoms with Crippen LogP contribution in [0.25, 0.3) is 0 Å². The molecule has 1 fully saturated rings. The molecule has 0 N–H and O–H groups in total. The SMILES string of the molecule is COc1ccc(S(=O)(=O)N2CCCC(COc3ccccc3)(CC(=O)N(C)Cc3ccccc3)C2)cc1. The number of hydrogen-bond acceptors (Lipinski definition) is 5. The molecular formula is C29H34N2O5S. The summed E-state index contributed by atoms with van der Waals surface area (Å²) >= 11 is 0. The minimum atomic E-state index is -3.75.